The van der Waals surface area contributed by atoms with Crippen LogP contribution in [-0.2, 0) is 4.79 Å². The summed E-state index contributed by atoms with van der Waals surface area (Å²) in [6.45, 7) is 8.83. The van der Waals surface area contributed by atoms with Crippen LogP contribution in [0.4, 0.5) is 15.8 Å². The maximum atomic E-state index is 14.7. The lowest BCUT2D eigenvalue weighted by molar-refractivity contribution is -0.898. The second kappa shape index (κ2) is 10.8. The molecule has 1 heterocycles. The number of likely N-dealkylation sites (N-methyl/N-ethyl adjacent to an activating group) is 1. The molecule has 31 heavy (non-hydrogen) atoms. The molecule has 0 atom stereocenters. The summed E-state index contributed by atoms with van der Waals surface area (Å²) in [5, 5.41) is 7.13. The Kier molecular flexibility index (Phi) is 7.83. The average Bonchev–Trinajstić information content (AvgIpc) is 2.81. The van der Waals surface area contributed by atoms with Gasteiger partial charge in [0.05, 0.1) is 57.8 Å². The Bertz CT molecular complexity index is 926. The summed E-state index contributed by atoms with van der Waals surface area (Å²) in [5.41, 5.74) is 5.09. The third kappa shape index (κ3) is 6.18. The Morgan fingerprint density at radius 2 is 2.00 bits per heavy atom. The van der Waals surface area contributed by atoms with Gasteiger partial charge in [-0.2, -0.15) is 5.10 Å². The van der Waals surface area contributed by atoms with Crippen LogP contribution in [0.3, 0.4) is 0 Å². The number of nitrogens with one attached hydrogen (secondary N) is 3. The molecule has 1 aliphatic heterocycles. The summed E-state index contributed by atoms with van der Waals surface area (Å²) < 4.78 is 19.9. The number of nitrogens with zero attached hydrogens (tertiary/aromatic N) is 2. The lowest BCUT2D eigenvalue weighted by Gasteiger charge is -2.33. The van der Waals surface area contributed by atoms with E-state index in [0.29, 0.717) is 22.7 Å². The summed E-state index contributed by atoms with van der Waals surface area (Å²) >= 11 is 0. The van der Waals surface area contributed by atoms with E-state index in [-0.39, 0.29) is 18.3 Å². The number of carbonyl (C=O) groups is 1. The molecule has 0 unspecified atom stereocenters. The van der Waals surface area contributed by atoms with Gasteiger partial charge in [0.25, 0.3) is 5.91 Å². The summed E-state index contributed by atoms with van der Waals surface area (Å²) in [4.78, 5) is 15.7. The number of amides is 1. The number of anilines is 2. The minimum absolute atomic E-state index is 0.0585. The molecular weight excluding hydrogens is 397 g/mol. The molecule has 1 aliphatic rings. The smallest absolute Gasteiger partial charge is 0.259 e. The van der Waals surface area contributed by atoms with E-state index in [4.69, 9.17) is 4.74 Å². The molecule has 3 N–H and O–H groups in total. The molecule has 2 aromatic carbocycles. The van der Waals surface area contributed by atoms with Crippen LogP contribution in [0.15, 0.2) is 47.6 Å². The van der Waals surface area contributed by atoms with Gasteiger partial charge < -0.3 is 19.9 Å². The number of hydrogen-bond donors (Lipinski definition) is 3. The van der Waals surface area contributed by atoms with E-state index in [1.54, 1.807) is 31.1 Å². The minimum atomic E-state index is -0.296. The lowest BCUT2D eigenvalue weighted by atomic mass is 10.1. The largest absolute Gasteiger partial charge is 0.497 e. The van der Waals surface area contributed by atoms with Crippen molar-refractivity contribution in [2.24, 2.45) is 5.10 Å². The average molecular weight is 429 g/mol. The third-order valence-electron chi connectivity index (χ3n) is 5.55. The van der Waals surface area contributed by atoms with Gasteiger partial charge in [-0.25, -0.2) is 9.82 Å². The summed E-state index contributed by atoms with van der Waals surface area (Å²) in [6.07, 6.45) is 0. The van der Waals surface area contributed by atoms with E-state index in [9.17, 15) is 9.18 Å². The molecule has 1 amide bonds. The van der Waals surface area contributed by atoms with Crippen LogP contribution in [-0.4, -0.2) is 58.0 Å². The van der Waals surface area contributed by atoms with Crippen molar-refractivity contribution in [3.8, 4) is 5.75 Å². The van der Waals surface area contributed by atoms with Crippen LogP contribution in [0.2, 0.25) is 0 Å². The maximum absolute atomic E-state index is 14.7. The zero-order chi connectivity index (χ0) is 22.2. The molecule has 8 heteroatoms. The highest BCUT2D eigenvalue weighted by Crippen LogP contribution is 2.21. The standard InChI is InChI=1S/C23H30FN5O2/c1-4-28-10-12-29(13-11-28)22-9-8-18(14-21(22)24)17(2)26-27-23(30)16-25-19-6-5-7-20(15-19)31-3/h5-9,14-15,25H,4,10-13,16H2,1-3H3,(H,27,30)/p+1/b26-17-. The van der Waals surface area contributed by atoms with Crippen molar-refractivity contribution in [1.82, 2.24) is 5.43 Å². The Labute approximate surface area is 182 Å². The number of rotatable bonds is 8. The molecule has 0 spiro atoms. The number of benzene rings is 2. The molecule has 166 valence electrons. The quantitative estimate of drug-likeness (QED) is 0.440. The highest BCUT2D eigenvalue weighted by atomic mass is 19.1. The van der Waals surface area contributed by atoms with Crippen molar-refractivity contribution in [3.05, 3.63) is 53.8 Å². The normalized spacial score (nSPS) is 15.0. The second-order valence-corrected chi connectivity index (χ2v) is 7.57. The Balaban J connectivity index is 1.54. The summed E-state index contributed by atoms with van der Waals surface area (Å²) in [6, 6.07) is 12.4. The van der Waals surface area contributed by atoms with Gasteiger partial charge in [0.2, 0.25) is 0 Å². The monoisotopic (exact) mass is 428 g/mol. The highest BCUT2D eigenvalue weighted by molar-refractivity contribution is 5.99. The second-order valence-electron chi connectivity index (χ2n) is 7.57. The number of methoxy groups -OCH3 is 1. The number of quaternary nitrogens is 1. The van der Waals surface area contributed by atoms with Crippen molar-refractivity contribution >= 4 is 23.0 Å². The fourth-order valence-electron chi connectivity index (χ4n) is 3.57. The van der Waals surface area contributed by atoms with Crippen LogP contribution < -0.4 is 25.3 Å². The topological polar surface area (TPSA) is 70.4 Å². The number of hydrazone groups is 1. The van der Waals surface area contributed by atoms with E-state index in [1.165, 1.54) is 6.07 Å². The minimum Gasteiger partial charge on any atom is -0.497 e. The number of halogens is 1. The maximum Gasteiger partial charge on any atom is 0.259 e. The predicted molar refractivity (Wildman–Crippen MR) is 122 cm³/mol. The third-order valence-corrected chi connectivity index (χ3v) is 5.55. The first-order valence-electron chi connectivity index (χ1n) is 10.6. The SMILES string of the molecule is CC[NH+]1CCN(c2ccc(/C(C)=N\NC(=O)CNc3cccc(OC)c3)cc2F)CC1. The van der Waals surface area contributed by atoms with Gasteiger partial charge in [-0.1, -0.05) is 12.1 Å². The number of carbonyl (C=O) groups excluding carboxylic acids is 1. The summed E-state index contributed by atoms with van der Waals surface area (Å²) in [7, 11) is 1.59. The van der Waals surface area contributed by atoms with Crippen LogP contribution in [0.1, 0.15) is 19.4 Å². The van der Waals surface area contributed by atoms with E-state index in [0.717, 1.165) is 38.4 Å². The van der Waals surface area contributed by atoms with Crippen LogP contribution in [0.5, 0.6) is 5.75 Å². The molecule has 1 saturated heterocycles. The van der Waals surface area contributed by atoms with Crippen LogP contribution in [0.25, 0.3) is 0 Å². The zero-order valence-corrected chi connectivity index (χ0v) is 18.4. The molecule has 2 aromatic rings. The van der Waals surface area contributed by atoms with Gasteiger partial charge in [0.15, 0.2) is 0 Å². The van der Waals surface area contributed by atoms with E-state index < -0.39 is 0 Å². The van der Waals surface area contributed by atoms with Gasteiger partial charge in [-0.3, -0.25) is 4.79 Å². The van der Waals surface area contributed by atoms with Gasteiger partial charge >= 0.3 is 0 Å². The zero-order valence-electron chi connectivity index (χ0n) is 18.4. The molecule has 0 bridgehead atoms. The van der Waals surface area contributed by atoms with Crippen molar-refractivity contribution in [1.29, 1.82) is 0 Å². The highest BCUT2D eigenvalue weighted by Gasteiger charge is 2.21. The molecule has 0 radical (unpaired) electrons. The Morgan fingerprint density at radius 3 is 2.68 bits per heavy atom. The van der Waals surface area contributed by atoms with Crippen molar-refractivity contribution in [2.75, 3.05) is 56.6 Å². The fraction of sp³-hybridized carbons (Fsp3) is 0.391. The van der Waals surface area contributed by atoms with E-state index >= 15 is 0 Å². The van der Waals surface area contributed by atoms with Crippen LogP contribution >= 0.6 is 0 Å². The van der Waals surface area contributed by atoms with Gasteiger partial charge in [0, 0.05) is 17.3 Å². The first-order valence-corrected chi connectivity index (χ1v) is 10.6. The first-order chi connectivity index (χ1) is 15.0. The molecule has 0 saturated carbocycles. The summed E-state index contributed by atoms with van der Waals surface area (Å²) in [5.74, 6) is 0.145. The first kappa shape index (κ1) is 22.6. The van der Waals surface area contributed by atoms with Crippen molar-refractivity contribution in [3.63, 3.8) is 0 Å². The molecule has 1 fully saturated rings. The number of hydrogen-bond acceptors (Lipinski definition) is 5. The van der Waals surface area contributed by atoms with Gasteiger partial charge in [-0.15, -0.1) is 0 Å². The molecular formula is C23H31FN5O2+. The lowest BCUT2D eigenvalue weighted by Crippen LogP contribution is -3.14. The molecule has 7 nitrogen and oxygen atoms in total. The van der Waals surface area contributed by atoms with Gasteiger partial charge in [0.1, 0.15) is 11.6 Å². The Hall–Kier alpha value is -3.13. The van der Waals surface area contributed by atoms with E-state index in [2.05, 4.69) is 27.7 Å². The predicted octanol–water partition coefficient (Wildman–Crippen LogP) is 1.51. The molecule has 3 rings (SSSR count). The fourth-order valence-corrected chi connectivity index (χ4v) is 3.57. The van der Waals surface area contributed by atoms with E-state index in [1.807, 2.05) is 24.3 Å². The molecule has 0 aliphatic carbocycles. The molecule has 0 aromatic heterocycles. The van der Waals surface area contributed by atoms with Crippen molar-refractivity contribution in [2.45, 2.75) is 13.8 Å². The number of piperazine rings is 1. The van der Waals surface area contributed by atoms with Crippen LogP contribution in [0, 0.1) is 5.82 Å². The van der Waals surface area contributed by atoms with Gasteiger partial charge in [-0.05, 0) is 38.1 Å². The van der Waals surface area contributed by atoms with Crippen molar-refractivity contribution < 1.29 is 18.8 Å². The Morgan fingerprint density at radius 1 is 1.23 bits per heavy atom. The number of ether oxygens (including phenoxy) is 1.